The summed E-state index contributed by atoms with van der Waals surface area (Å²) in [6.07, 6.45) is 1.61. The zero-order valence-electron chi connectivity index (χ0n) is 14.1. The van der Waals surface area contributed by atoms with Gasteiger partial charge in [-0.2, -0.15) is 0 Å². The smallest absolute Gasteiger partial charge is 0.277 e. The molecule has 1 N–H and O–H groups in total. The number of aromatic nitrogens is 3. The number of carbonyl (C=O) groups excluding carboxylic acids is 1. The normalized spacial score (nSPS) is 10.4. The number of hydrogen-bond acceptors (Lipinski definition) is 8. The van der Waals surface area contributed by atoms with Gasteiger partial charge in [-0.05, 0) is 30.3 Å². The van der Waals surface area contributed by atoms with Crippen LogP contribution in [0.1, 0.15) is 0 Å². The molecular weight excluding hydrogens is 356 g/mol. The summed E-state index contributed by atoms with van der Waals surface area (Å²) in [5.74, 6) is 1.92. The van der Waals surface area contributed by atoms with Gasteiger partial charge in [0.1, 0.15) is 5.82 Å². The molecule has 0 fully saturated rings. The Balaban J connectivity index is 1.62. The van der Waals surface area contributed by atoms with Gasteiger partial charge in [0.15, 0.2) is 11.5 Å². The summed E-state index contributed by atoms with van der Waals surface area (Å²) in [7, 11) is 3.12. The lowest BCUT2D eigenvalue weighted by molar-refractivity contribution is -0.113. The molecule has 2 heterocycles. The lowest BCUT2D eigenvalue weighted by atomic mass is 10.2. The molecule has 0 aliphatic rings. The van der Waals surface area contributed by atoms with Crippen LogP contribution in [0.15, 0.2) is 52.2 Å². The van der Waals surface area contributed by atoms with Crippen LogP contribution in [-0.2, 0) is 4.79 Å². The minimum atomic E-state index is -0.209. The van der Waals surface area contributed by atoms with E-state index in [-0.39, 0.29) is 11.7 Å². The van der Waals surface area contributed by atoms with Crippen LogP contribution in [0.4, 0.5) is 5.82 Å². The second-order valence-electron chi connectivity index (χ2n) is 4.99. The molecule has 0 radical (unpaired) electrons. The van der Waals surface area contributed by atoms with Crippen molar-refractivity contribution in [2.75, 3.05) is 25.3 Å². The lowest BCUT2D eigenvalue weighted by Crippen LogP contribution is -2.14. The Labute approximate surface area is 153 Å². The number of anilines is 1. The summed E-state index contributed by atoms with van der Waals surface area (Å²) in [4.78, 5) is 16.0. The maximum absolute atomic E-state index is 11.9. The maximum Gasteiger partial charge on any atom is 0.277 e. The first-order chi connectivity index (χ1) is 12.7. The Kier molecular flexibility index (Phi) is 5.69. The third kappa shape index (κ3) is 4.31. The van der Waals surface area contributed by atoms with Crippen LogP contribution in [0.25, 0.3) is 11.5 Å². The van der Waals surface area contributed by atoms with Crippen molar-refractivity contribution in [3.8, 4) is 23.0 Å². The van der Waals surface area contributed by atoms with Crippen LogP contribution in [0.2, 0.25) is 0 Å². The fourth-order valence-corrected chi connectivity index (χ4v) is 2.66. The van der Waals surface area contributed by atoms with Crippen LogP contribution < -0.4 is 14.8 Å². The van der Waals surface area contributed by atoms with Crippen molar-refractivity contribution in [2.45, 2.75) is 5.22 Å². The zero-order valence-corrected chi connectivity index (χ0v) is 14.9. The molecular formula is C17H16N4O4S. The molecule has 3 aromatic rings. The van der Waals surface area contributed by atoms with Gasteiger partial charge < -0.3 is 19.2 Å². The van der Waals surface area contributed by atoms with Crippen molar-refractivity contribution in [1.82, 2.24) is 15.2 Å². The molecule has 134 valence electrons. The van der Waals surface area contributed by atoms with Gasteiger partial charge in [-0.3, -0.25) is 4.79 Å². The minimum absolute atomic E-state index is 0.129. The van der Waals surface area contributed by atoms with Gasteiger partial charge in [0.25, 0.3) is 5.22 Å². The van der Waals surface area contributed by atoms with Gasteiger partial charge in [0, 0.05) is 11.8 Å². The largest absolute Gasteiger partial charge is 0.493 e. The molecule has 0 saturated carbocycles. The number of amides is 1. The first kappa shape index (κ1) is 17.7. The SMILES string of the molecule is COc1ccc(-c2nnc(SCC(=O)Nc3ccccn3)o2)cc1OC. The van der Waals surface area contributed by atoms with E-state index in [1.165, 1.54) is 0 Å². The van der Waals surface area contributed by atoms with E-state index in [1.54, 1.807) is 56.8 Å². The molecule has 0 unspecified atom stereocenters. The highest BCUT2D eigenvalue weighted by Crippen LogP contribution is 2.32. The van der Waals surface area contributed by atoms with Crippen molar-refractivity contribution >= 4 is 23.5 Å². The Morgan fingerprint density at radius 1 is 1.15 bits per heavy atom. The quantitative estimate of drug-likeness (QED) is 0.632. The molecule has 1 amide bonds. The molecule has 0 spiro atoms. The van der Waals surface area contributed by atoms with Crippen molar-refractivity contribution in [3.05, 3.63) is 42.6 Å². The molecule has 3 rings (SSSR count). The van der Waals surface area contributed by atoms with E-state index in [1.807, 2.05) is 0 Å². The number of pyridine rings is 1. The standard InChI is InChI=1S/C17H16N4O4S/c1-23-12-7-6-11(9-13(12)24-2)16-20-21-17(25-16)26-10-15(22)19-14-5-3-4-8-18-14/h3-9H,10H2,1-2H3,(H,18,19,22). The Bertz CT molecular complexity index is 885. The fraction of sp³-hybridized carbons (Fsp3) is 0.176. The average molecular weight is 372 g/mol. The van der Waals surface area contributed by atoms with E-state index < -0.39 is 0 Å². The Morgan fingerprint density at radius 3 is 2.73 bits per heavy atom. The predicted octanol–water partition coefficient (Wildman–Crippen LogP) is 2.88. The van der Waals surface area contributed by atoms with Gasteiger partial charge in [0.05, 0.1) is 20.0 Å². The molecule has 0 aliphatic carbocycles. The summed E-state index contributed by atoms with van der Waals surface area (Å²) in [6, 6.07) is 10.6. The summed E-state index contributed by atoms with van der Waals surface area (Å²) < 4.78 is 16.1. The summed E-state index contributed by atoms with van der Waals surface area (Å²) >= 11 is 1.14. The van der Waals surface area contributed by atoms with Gasteiger partial charge in [-0.15, -0.1) is 10.2 Å². The van der Waals surface area contributed by atoms with Gasteiger partial charge in [0.2, 0.25) is 11.8 Å². The monoisotopic (exact) mass is 372 g/mol. The number of nitrogens with zero attached hydrogens (tertiary/aromatic N) is 3. The molecule has 0 saturated heterocycles. The molecule has 0 atom stereocenters. The summed E-state index contributed by atoms with van der Waals surface area (Å²) in [5, 5.41) is 10.9. The number of thioether (sulfide) groups is 1. The van der Waals surface area contributed by atoms with Gasteiger partial charge in [-0.1, -0.05) is 17.8 Å². The van der Waals surface area contributed by atoms with E-state index in [0.717, 1.165) is 11.8 Å². The number of methoxy groups -OCH3 is 2. The number of nitrogens with one attached hydrogen (secondary N) is 1. The topological polar surface area (TPSA) is 99.4 Å². The lowest BCUT2D eigenvalue weighted by Gasteiger charge is -2.07. The van der Waals surface area contributed by atoms with Crippen LogP contribution in [-0.4, -0.2) is 41.1 Å². The van der Waals surface area contributed by atoms with E-state index in [2.05, 4.69) is 20.5 Å². The molecule has 9 heteroatoms. The maximum atomic E-state index is 11.9. The summed E-state index contributed by atoms with van der Waals surface area (Å²) in [5.41, 5.74) is 0.694. The van der Waals surface area contributed by atoms with Gasteiger partial charge >= 0.3 is 0 Å². The first-order valence-electron chi connectivity index (χ1n) is 7.59. The molecule has 0 bridgehead atoms. The highest BCUT2D eigenvalue weighted by molar-refractivity contribution is 7.99. The second-order valence-corrected chi connectivity index (χ2v) is 5.92. The zero-order chi connectivity index (χ0) is 18.4. The predicted molar refractivity (Wildman–Crippen MR) is 96.4 cm³/mol. The average Bonchev–Trinajstić information content (AvgIpc) is 3.15. The third-order valence-corrected chi connectivity index (χ3v) is 4.11. The number of hydrogen-bond donors (Lipinski definition) is 1. The minimum Gasteiger partial charge on any atom is -0.493 e. The highest BCUT2D eigenvalue weighted by Gasteiger charge is 2.14. The number of rotatable bonds is 7. The Hall–Kier alpha value is -3.07. The van der Waals surface area contributed by atoms with Crippen molar-refractivity contribution in [1.29, 1.82) is 0 Å². The van der Waals surface area contributed by atoms with Crippen molar-refractivity contribution in [3.63, 3.8) is 0 Å². The van der Waals surface area contributed by atoms with Gasteiger partial charge in [-0.25, -0.2) is 4.98 Å². The molecule has 8 nitrogen and oxygen atoms in total. The number of benzene rings is 1. The molecule has 26 heavy (non-hydrogen) atoms. The fourth-order valence-electron chi connectivity index (χ4n) is 2.10. The molecule has 0 aliphatic heterocycles. The van der Waals surface area contributed by atoms with Crippen molar-refractivity contribution in [2.24, 2.45) is 0 Å². The van der Waals surface area contributed by atoms with Crippen LogP contribution in [0.3, 0.4) is 0 Å². The Morgan fingerprint density at radius 2 is 2.00 bits per heavy atom. The first-order valence-corrected chi connectivity index (χ1v) is 8.57. The van der Waals surface area contributed by atoms with E-state index in [9.17, 15) is 4.79 Å². The van der Waals surface area contributed by atoms with E-state index in [4.69, 9.17) is 13.9 Å². The van der Waals surface area contributed by atoms with Crippen LogP contribution in [0.5, 0.6) is 11.5 Å². The number of ether oxygens (including phenoxy) is 2. The molecule has 1 aromatic carbocycles. The van der Waals surface area contributed by atoms with Crippen LogP contribution >= 0.6 is 11.8 Å². The highest BCUT2D eigenvalue weighted by atomic mass is 32.2. The third-order valence-electron chi connectivity index (χ3n) is 3.30. The summed E-state index contributed by atoms with van der Waals surface area (Å²) in [6.45, 7) is 0. The molecule has 2 aromatic heterocycles. The van der Waals surface area contributed by atoms with Crippen molar-refractivity contribution < 1.29 is 18.7 Å². The van der Waals surface area contributed by atoms with E-state index >= 15 is 0 Å². The van der Waals surface area contributed by atoms with E-state index in [0.29, 0.717) is 34.0 Å². The number of carbonyl (C=O) groups is 1. The second kappa shape index (κ2) is 8.34. The van der Waals surface area contributed by atoms with Crippen LogP contribution in [0, 0.1) is 0 Å².